The number of carbonyl (C=O) groups is 1. The van der Waals surface area contributed by atoms with Crippen molar-refractivity contribution in [3.63, 3.8) is 0 Å². The van der Waals surface area contributed by atoms with Gasteiger partial charge < -0.3 is 15.0 Å². The van der Waals surface area contributed by atoms with Gasteiger partial charge in [0, 0.05) is 25.7 Å². The lowest BCUT2D eigenvalue weighted by Gasteiger charge is -2.18. The molecule has 1 rings (SSSR count). The van der Waals surface area contributed by atoms with Gasteiger partial charge in [0.25, 0.3) is 0 Å². The normalized spacial score (nSPS) is 21.8. The van der Waals surface area contributed by atoms with Gasteiger partial charge in [-0.25, -0.2) is 4.79 Å². The lowest BCUT2D eigenvalue weighted by atomic mass is 10.2. The number of hydrogen-bond acceptors (Lipinski definition) is 3. The molecule has 0 aromatic rings. The maximum atomic E-state index is 11.4. The zero-order valence-corrected chi connectivity index (χ0v) is 10.8. The molecule has 0 bridgehead atoms. The number of carbonyl (C=O) groups excluding carboxylic acids is 1. The summed E-state index contributed by atoms with van der Waals surface area (Å²) in [7, 11) is 0. The van der Waals surface area contributed by atoms with Crippen molar-refractivity contribution in [2.45, 2.75) is 46.3 Å². The van der Waals surface area contributed by atoms with Crippen LogP contribution in [0.5, 0.6) is 0 Å². The van der Waals surface area contributed by atoms with E-state index in [9.17, 15) is 4.79 Å². The Morgan fingerprint density at radius 2 is 2.12 bits per heavy atom. The number of likely N-dealkylation sites (tertiary alicyclic amines) is 1. The molecule has 1 aliphatic rings. The first-order chi connectivity index (χ1) is 7.47. The van der Waals surface area contributed by atoms with E-state index >= 15 is 0 Å². The summed E-state index contributed by atoms with van der Waals surface area (Å²) in [6.45, 7) is 11.3. The summed E-state index contributed by atoms with van der Waals surface area (Å²) in [5, 5.41) is 2.91. The Bertz CT molecular complexity index is 229. The molecule has 0 spiro atoms. The van der Waals surface area contributed by atoms with Crippen LogP contribution in [-0.4, -0.2) is 42.8 Å². The van der Waals surface area contributed by atoms with Crippen molar-refractivity contribution in [3.8, 4) is 0 Å². The molecule has 0 saturated carbocycles. The monoisotopic (exact) mass is 228 g/mol. The van der Waals surface area contributed by atoms with Crippen LogP contribution in [0.3, 0.4) is 0 Å². The highest BCUT2D eigenvalue weighted by atomic mass is 16.6. The van der Waals surface area contributed by atoms with E-state index in [1.54, 1.807) is 0 Å². The summed E-state index contributed by atoms with van der Waals surface area (Å²) in [6.07, 6.45) is 0.694. The lowest BCUT2D eigenvalue weighted by molar-refractivity contribution is 0.112. The highest BCUT2D eigenvalue weighted by Crippen LogP contribution is 2.11. The highest BCUT2D eigenvalue weighted by Gasteiger charge is 2.24. The van der Waals surface area contributed by atoms with Gasteiger partial charge in [-0.3, -0.25) is 0 Å². The zero-order valence-electron chi connectivity index (χ0n) is 10.8. The van der Waals surface area contributed by atoms with Crippen molar-refractivity contribution < 1.29 is 9.53 Å². The molecular formula is C12H24N2O2. The van der Waals surface area contributed by atoms with Gasteiger partial charge in [0.05, 0.1) is 6.10 Å². The second-order valence-corrected chi connectivity index (χ2v) is 5.24. The molecule has 0 unspecified atom stereocenters. The fourth-order valence-corrected chi connectivity index (χ4v) is 2.05. The van der Waals surface area contributed by atoms with Gasteiger partial charge >= 0.3 is 6.09 Å². The third-order valence-electron chi connectivity index (χ3n) is 2.56. The quantitative estimate of drug-likeness (QED) is 0.798. The van der Waals surface area contributed by atoms with Gasteiger partial charge in [0.1, 0.15) is 0 Å². The van der Waals surface area contributed by atoms with Gasteiger partial charge in [-0.1, -0.05) is 13.8 Å². The van der Waals surface area contributed by atoms with Gasteiger partial charge in [-0.05, 0) is 26.2 Å². The number of amides is 1. The van der Waals surface area contributed by atoms with Crippen molar-refractivity contribution in [3.05, 3.63) is 0 Å². The number of nitrogens with zero attached hydrogens (tertiary/aromatic N) is 1. The Hall–Kier alpha value is -0.770. The second-order valence-electron chi connectivity index (χ2n) is 5.24. The number of ether oxygens (including phenoxy) is 1. The minimum Gasteiger partial charge on any atom is -0.447 e. The highest BCUT2D eigenvalue weighted by molar-refractivity contribution is 5.67. The molecule has 0 aromatic carbocycles. The maximum Gasteiger partial charge on any atom is 0.407 e. The molecule has 0 radical (unpaired) electrons. The van der Waals surface area contributed by atoms with E-state index in [0.717, 1.165) is 26.1 Å². The van der Waals surface area contributed by atoms with Crippen LogP contribution >= 0.6 is 0 Å². The summed E-state index contributed by atoms with van der Waals surface area (Å²) < 4.78 is 5.06. The van der Waals surface area contributed by atoms with Crippen LogP contribution in [0.25, 0.3) is 0 Å². The zero-order chi connectivity index (χ0) is 12.1. The van der Waals surface area contributed by atoms with Crippen molar-refractivity contribution in [2.75, 3.05) is 19.6 Å². The van der Waals surface area contributed by atoms with Crippen LogP contribution in [0.1, 0.15) is 34.1 Å². The standard InChI is InChI=1S/C12H24N2O2/c1-9(2)7-14-6-5-11(8-14)13-12(15)16-10(3)4/h9-11H,5-8H2,1-4H3,(H,13,15)/t11-/m1/s1. The van der Waals surface area contributed by atoms with Crippen molar-refractivity contribution in [2.24, 2.45) is 5.92 Å². The fraction of sp³-hybridized carbons (Fsp3) is 0.917. The van der Waals surface area contributed by atoms with E-state index in [4.69, 9.17) is 4.74 Å². The molecule has 1 fully saturated rings. The fourth-order valence-electron chi connectivity index (χ4n) is 2.05. The predicted molar refractivity (Wildman–Crippen MR) is 64.4 cm³/mol. The lowest BCUT2D eigenvalue weighted by Crippen LogP contribution is -2.38. The Kier molecular flexibility index (Phi) is 5.06. The van der Waals surface area contributed by atoms with Crippen LogP contribution in [0.4, 0.5) is 4.79 Å². The third kappa shape index (κ3) is 4.84. The van der Waals surface area contributed by atoms with Gasteiger partial charge in [0.15, 0.2) is 0 Å². The van der Waals surface area contributed by atoms with Crippen LogP contribution in [0.15, 0.2) is 0 Å². The number of hydrogen-bond donors (Lipinski definition) is 1. The van der Waals surface area contributed by atoms with Crippen molar-refractivity contribution in [1.29, 1.82) is 0 Å². The average molecular weight is 228 g/mol. The molecule has 1 aliphatic heterocycles. The molecule has 1 atom stereocenters. The van der Waals surface area contributed by atoms with E-state index in [1.807, 2.05) is 13.8 Å². The molecule has 4 heteroatoms. The Labute approximate surface area is 98.3 Å². The minimum absolute atomic E-state index is 0.0480. The SMILES string of the molecule is CC(C)CN1CC[C@@H](NC(=O)OC(C)C)C1. The van der Waals surface area contributed by atoms with E-state index in [2.05, 4.69) is 24.1 Å². The average Bonchev–Trinajstić information content (AvgIpc) is 2.49. The van der Waals surface area contributed by atoms with Gasteiger partial charge in [-0.2, -0.15) is 0 Å². The molecule has 1 heterocycles. The Morgan fingerprint density at radius 1 is 1.44 bits per heavy atom. The summed E-state index contributed by atoms with van der Waals surface area (Å²) in [5.41, 5.74) is 0. The minimum atomic E-state index is -0.286. The predicted octanol–water partition coefficient (Wildman–Crippen LogP) is 1.85. The first-order valence-corrected chi connectivity index (χ1v) is 6.17. The maximum absolute atomic E-state index is 11.4. The molecule has 1 N–H and O–H groups in total. The first kappa shape index (κ1) is 13.3. The number of rotatable bonds is 4. The molecule has 0 aromatic heterocycles. The van der Waals surface area contributed by atoms with Gasteiger partial charge in [-0.15, -0.1) is 0 Å². The molecule has 94 valence electrons. The number of alkyl carbamates (subject to hydrolysis) is 1. The molecule has 1 amide bonds. The second kappa shape index (κ2) is 6.09. The van der Waals surface area contributed by atoms with Crippen molar-refractivity contribution in [1.82, 2.24) is 10.2 Å². The molecule has 4 nitrogen and oxygen atoms in total. The van der Waals surface area contributed by atoms with E-state index < -0.39 is 0 Å². The summed E-state index contributed by atoms with van der Waals surface area (Å²) >= 11 is 0. The third-order valence-corrected chi connectivity index (χ3v) is 2.56. The summed E-state index contributed by atoms with van der Waals surface area (Å²) in [5.74, 6) is 0.682. The molecule has 1 saturated heterocycles. The van der Waals surface area contributed by atoms with Crippen LogP contribution in [0, 0.1) is 5.92 Å². The topological polar surface area (TPSA) is 41.6 Å². The van der Waals surface area contributed by atoms with E-state index in [1.165, 1.54) is 0 Å². The van der Waals surface area contributed by atoms with Gasteiger partial charge in [0.2, 0.25) is 0 Å². The smallest absolute Gasteiger partial charge is 0.407 e. The summed E-state index contributed by atoms with van der Waals surface area (Å²) in [6, 6.07) is 0.255. The van der Waals surface area contributed by atoms with E-state index in [0.29, 0.717) is 5.92 Å². The summed E-state index contributed by atoms with van der Waals surface area (Å²) in [4.78, 5) is 13.8. The Balaban J connectivity index is 2.23. The van der Waals surface area contributed by atoms with Crippen LogP contribution in [0.2, 0.25) is 0 Å². The number of nitrogens with one attached hydrogen (secondary N) is 1. The first-order valence-electron chi connectivity index (χ1n) is 6.17. The Morgan fingerprint density at radius 3 is 2.69 bits per heavy atom. The van der Waals surface area contributed by atoms with Crippen LogP contribution < -0.4 is 5.32 Å². The van der Waals surface area contributed by atoms with Crippen LogP contribution in [-0.2, 0) is 4.74 Å². The van der Waals surface area contributed by atoms with E-state index in [-0.39, 0.29) is 18.2 Å². The largest absolute Gasteiger partial charge is 0.447 e. The molecular weight excluding hydrogens is 204 g/mol. The molecule has 0 aliphatic carbocycles. The van der Waals surface area contributed by atoms with Crippen molar-refractivity contribution >= 4 is 6.09 Å². The molecule has 16 heavy (non-hydrogen) atoms.